The van der Waals surface area contributed by atoms with E-state index in [-0.39, 0.29) is 0 Å². The van der Waals surface area contributed by atoms with E-state index in [4.69, 9.17) is 5.11 Å². The van der Waals surface area contributed by atoms with E-state index >= 15 is 0 Å². The highest BCUT2D eigenvalue weighted by atomic mass is 16.4. The van der Waals surface area contributed by atoms with Gasteiger partial charge >= 0.3 is 5.97 Å². The number of likely N-dealkylation sites (N-methyl/N-ethyl adjacent to an activating group) is 1. The summed E-state index contributed by atoms with van der Waals surface area (Å²) in [5, 5.41) is 10.1. The molecule has 1 fully saturated rings. The SMILES string of the molecule is Cc1c(/C=C/C(=O)O)c2ccccc2n1CCCN1CCN(C)CC1. The topological polar surface area (TPSA) is 48.7 Å². The molecule has 2 heterocycles. The van der Waals surface area contributed by atoms with Gasteiger partial charge in [0.25, 0.3) is 0 Å². The number of para-hydroxylation sites is 1. The maximum absolute atomic E-state index is 10.9. The maximum atomic E-state index is 10.9. The smallest absolute Gasteiger partial charge is 0.328 e. The van der Waals surface area contributed by atoms with E-state index in [0.717, 1.165) is 62.3 Å². The number of aliphatic carboxylic acids is 1. The lowest BCUT2D eigenvalue weighted by molar-refractivity contribution is -0.131. The zero-order chi connectivity index (χ0) is 17.8. The molecule has 134 valence electrons. The van der Waals surface area contributed by atoms with Crippen LogP contribution in [0.3, 0.4) is 0 Å². The van der Waals surface area contributed by atoms with Crippen molar-refractivity contribution in [3.05, 3.63) is 41.6 Å². The predicted octanol–water partition coefficient (Wildman–Crippen LogP) is 2.69. The number of benzene rings is 1. The Bertz CT molecular complexity index is 771. The van der Waals surface area contributed by atoms with Gasteiger partial charge in [0.15, 0.2) is 0 Å². The number of aromatic nitrogens is 1. The van der Waals surface area contributed by atoms with Crippen molar-refractivity contribution in [3.8, 4) is 0 Å². The van der Waals surface area contributed by atoms with Crippen LogP contribution in [0.4, 0.5) is 0 Å². The first-order chi connectivity index (χ1) is 12.1. The Morgan fingerprint density at radius 3 is 2.60 bits per heavy atom. The second kappa shape index (κ2) is 7.85. The normalized spacial score (nSPS) is 16.9. The summed E-state index contributed by atoms with van der Waals surface area (Å²) in [6, 6.07) is 8.25. The lowest BCUT2D eigenvalue weighted by atomic mass is 10.1. The van der Waals surface area contributed by atoms with Crippen LogP contribution in [0.15, 0.2) is 30.3 Å². The second-order valence-electron chi connectivity index (χ2n) is 6.84. The first kappa shape index (κ1) is 17.7. The fourth-order valence-corrected chi connectivity index (χ4v) is 3.63. The molecular weight excluding hydrogens is 314 g/mol. The number of carbonyl (C=O) groups is 1. The monoisotopic (exact) mass is 341 g/mol. The van der Waals surface area contributed by atoms with Crippen molar-refractivity contribution < 1.29 is 9.90 Å². The van der Waals surface area contributed by atoms with E-state index in [9.17, 15) is 4.79 Å². The number of rotatable bonds is 6. The Hall–Kier alpha value is -2.11. The van der Waals surface area contributed by atoms with Crippen molar-refractivity contribution in [1.29, 1.82) is 0 Å². The van der Waals surface area contributed by atoms with Gasteiger partial charge < -0.3 is 19.5 Å². The number of hydrogen-bond donors (Lipinski definition) is 1. The van der Waals surface area contributed by atoms with Gasteiger partial charge in [0.1, 0.15) is 0 Å². The first-order valence-electron chi connectivity index (χ1n) is 8.96. The van der Waals surface area contributed by atoms with Gasteiger partial charge in [0, 0.05) is 61.0 Å². The minimum Gasteiger partial charge on any atom is -0.478 e. The lowest BCUT2D eigenvalue weighted by Crippen LogP contribution is -2.44. The van der Waals surface area contributed by atoms with Crippen molar-refractivity contribution in [3.63, 3.8) is 0 Å². The Kier molecular flexibility index (Phi) is 5.56. The van der Waals surface area contributed by atoms with E-state index in [1.807, 2.05) is 12.1 Å². The molecule has 2 aromatic rings. The Labute approximate surface area is 149 Å². The molecule has 0 unspecified atom stereocenters. The van der Waals surface area contributed by atoms with Crippen LogP contribution in [0.2, 0.25) is 0 Å². The van der Waals surface area contributed by atoms with Crippen molar-refractivity contribution in [2.24, 2.45) is 0 Å². The number of fused-ring (bicyclic) bond motifs is 1. The molecule has 1 saturated heterocycles. The fraction of sp³-hybridized carbons (Fsp3) is 0.450. The lowest BCUT2D eigenvalue weighted by Gasteiger charge is -2.32. The molecule has 1 aromatic heterocycles. The third-order valence-corrected chi connectivity index (χ3v) is 5.12. The van der Waals surface area contributed by atoms with Crippen molar-refractivity contribution in [2.45, 2.75) is 19.9 Å². The molecule has 0 bridgehead atoms. The summed E-state index contributed by atoms with van der Waals surface area (Å²) in [4.78, 5) is 15.8. The third-order valence-electron chi connectivity index (χ3n) is 5.12. The van der Waals surface area contributed by atoms with Gasteiger partial charge in [-0.15, -0.1) is 0 Å². The van der Waals surface area contributed by atoms with Crippen LogP contribution in [-0.2, 0) is 11.3 Å². The molecule has 3 rings (SSSR count). The van der Waals surface area contributed by atoms with Gasteiger partial charge in [-0.3, -0.25) is 0 Å². The molecule has 0 spiro atoms. The number of piperazine rings is 1. The van der Waals surface area contributed by atoms with Crippen LogP contribution < -0.4 is 0 Å². The van der Waals surface area contributed by atoms with Crippen molar-refractivity contribution in [1.82, 2.24) is 14.4 Å². The number of aryl methyl sites for hydroxylation is 1. The molecule has 1 N–H and O–H groups in total. The molecule has 1 aliphatic heterocycles. The van der Waals surface area contributed by atoms with Crippen LogP contribution in [0, 0.1) is 6.92 Å². The molecule has 5 heteroatoms. The van der Waals surface area contributed by atoms with Gasteiger partial charge in [-0.1, -0.05) is 18.2 Å². The van der Waals surface area contributed by atoms with Crippen LogP contribution >= 0.6 is 0 Å². The summed E-state index contributed by atoms with van der Waals surface area (Å²) in [6.45, 7) is 8.74. The molecule has 0 saturated carbocycles. The highest BCUT2D eigenvalue weighted by molar-refractivity contribution is 5.95. The summed E-state index contributed by atoms with van der Waals surface area (Å²) in [7, 11) is 2.18. The Morgan fingerprint density at radius 1 is 1.16 bits per heavy atom. The molecule has 25 heavy (non-hydrogen) atoms. The second-order valence-corrected chi connectivity index (χ2v) is 6.84. The van der Waals surface area contributed by atoms with E-state index in [1.54, 1.807) is 6.08 Å². The van der Waals surface area contributed by atoms with Crippen molar-refractivity contribution >= 4 is 22.9 Å². The molecule has 1 aromatic carbocycles. The molecule has 0 aliphatic carbocycles. The Morgan fingerprint density at radius 2 is 1.88 bits per heavy atom. The van der Waals surface area contributed by atoms with Crippen LogP contribution in [0.25, 0.3) is 17.0 Å². The minimum atomic E-state index is -0.911. The summed E-state index contributed by atoms with van der Waals surface area (Å²) in [6.07, 6.45) is 4.05. The molecule has 5 nitrogen and oxygen atoms in total. The highest BCUT2D eigenvalue weighted by Gasteiger charge is 2.15. The minimum absolute atomic E-state index is 0.911. The molecule has 0 amide bonds. The van der Waals surface area contributed by atoms with E-state index in [0.29, 0.717) is 0 Å². The summed E-state index contributed by atoms with van der Waals surface area (Å²) < 4.78 is 2.33. The van der Waals surface area contributed by atoms with E-state index in [2.05, 4.69) is 40.5 Å². The average molecular weight is 341 g/mol. The first-order valence-corrected chi connectivity index (χ1v) is 8.96. The number of hydrogen-bond acceptors (Lipinski definition) is 3. The number of carboxylic acid groups (broad SMARTS) is 1. The van der Waals surface area contributed by atoms with E-state index in [1.165, 1.54) is 11.6 Å². The van der Waals surface area contributed by atoms with Crippen molar-refractivity contribution in [2.75, 3.05) is 39.8 Å². The largest absolute Gasteiger partial charge is 0.478 e. The van der Waals surface area contributed by atoms with Crippen LogP contribution in [0.1, 0.15) is 17.7 Å². The van der Waals surface area contributed by atoms with Gasteiger partial charge in [0.05, 0.1) is 0 Å². The zero-order valence-corrected chi connectivity index (χ0v) is 15.1. The van der Waals surface area contributed by atoms with Gasteiger partial charge in [-0.25, -0.2) is 4.79 Å². The van der Waals surface area contributed by atoms with Gasteiger partial charge in [-0.05, 0) is 39.1 Å². The quantitative estimate of drug-likeness (QED) is 0.821. The van der Waals surface area contributed by atoms with Crippen LogP contribution in [0.5, 0.6) is 0 Å². The standard InChI is InChI=1S/C20H27N3O2/c1-16-17(8-9-20(24)25)18-6-3-4-7-19(18)23(16)11-5-10-22-14-12-21(2)13-15-22/h3-4,6-9H,5,10-15H2,1-2H3,(H,24,25)/b9-8+. The maximum Gasteiger partial charge on any atom is 0.328 e. The molecular formula is C20H27N3O2. The highest BCUT2D eigenvalue weighted by Crippen LogP contribution is 2.27. The average Bonchev–Trinajstić information content (AvgIpc) is 2.86. The molecule has 1 aliphatic rings. The summed E-state index contributed by atoms with van der Waals surface area (Å²) >= 11 is 0. The third kappa shape index (κ3) is 4.11. The number of carboxylic acids is 1. The van der Waals surface area contributed by atoms with E-state index < -0.39 is 5.97 Å². The van der Waals surface area contributed by atoms with Crippen LogP contribution in [-0.4, -0.2) is 65.2 Å². The Balaban J connectivity index is 1.74. The number of nitrogens with zero attached hydrogens (tertiary/aromatic N) is 3. The zero-order valence-electron chi connectivity index (χ0n) is 15.1. The predicted molar refractivity (Wildman–Crippen MR) is 102 cm³/mol. The molecule has 0 atom stereocenters. The van der Waals surface area contributed by atoms with Gasteiger partial charge in [0.2, 0.25) is 0 Å². The summed E-state index contributed by atoms with van der Waals surface area (Å²) in [5.74, 6) is -0.911. The van der Waals surface area contributed by atoms with Gasteiger partial charge in [-0.2, -0.15) is 0 Å². The summed E-state index contributed by atoms with van der Waals surface area (Å²) in [5.41, 5.74) is 3.33. The molecule has 0 radical (unpaired) electrons. The fourth-order valence-electron chi connectivity index (χ4n) is 3.63.